The van der Waals surface area contributed by atoms with Crippen molar-refractivity contribution >= 4 is 0 Å². The molecule has 0 aliphatic carbocycles. The van der Waals surface area contributed by atoms with Crippen LogP contribution in [-0.4, -0.2) is 23.9 Å². The minimum absolute atomic E-state index is 0.229. The average Bonchev–Trinajstić information content (AvgIpc) is 2.24. The zero-order valence-electron chi connectivity index (χ0n) is 9.75. The number of benzene rings is 1. The molecule has 5 heteroatoms. The number of halogens is 3. The van der Waals surface area contributed by atoms with Gasteiger partial charge in [0.15, 0.2) is 6.10 Å². The van der Waals surface area contributed by atoms with Crippen LogP contribution in [0.2, 0.25) is 0 Å². The van der Waals surface area contributed by atoms with Gasteiger partial charge in [0.2, 0.25) is 0 Å². The first-order valence-corrected chi connectivity index (χ1v) is 5.36. The van der Waals surface area contributed by atoms with E-state index in [1.807, 2.05) is 31.2 Å². The Morgan fingerprint density at radius 1 is 1.29 bits per heavy atom. The summed E-state index contributed by atoms with van der Waals surface area (Å²) in [5.74, 6) is 0. The van der Waals surface area contributed by atoms with Gasteiger partial charge in [0.1, 0.15) is 0 Å². The van der Waals surface area contributed by atoms with E-state index in [4.69, 9.17) is 5.11 Å². The Hall–Kier alpha value is -1.07. The van der Waals surface area contributed by atoms with Crippen LogP contribution >= 0.6 is 0 Å². The first-order valence-electron chi connectivity index (χ1n) is 5.36. The highest BCUT2D eigenvalue weighted by Gasteiger charge is 2.37. The number of hydrogen-bond acceptors (Lipinski definition) is 2. The van der Waals surface area contributed by atoms with Gasteiger partial charge in [-0.2, -0.15) is 13.2 Å². The number of nitrogens with one attached hydrogen (secondary N) is 1. The largest absolute Gasteiger partial charge is 0.415 e. The topological polar surface area (TPSA) is 32.3 Å². The summed E-state index contributed by atoms with van der Waals surface area (Å²) < 4.78 is 36.3. The Balaban J connectivity index is 2.57. The maximum absolute atomic E-state index is 12.1. The van der Waals surface area contributed by atoms with E-state index in [2.05, 4.69) is 5.32 Å². The monoisotopic (exact) mass is 247 g/mol. The lowest BCUT2D eigenvalue weighted by atomic mass is 10.0. The van der Waals surface area contributed by atoms with E-state index < -0.39 is 18.8 Å². The van der Waals surface area contributed by atoms with Crippen molar-refractivity contribution in [3.05, 3.63) is 35.4 Å². The molecular weight excluding hydrogens is 231 g/mol. The highest BCUT2D eigenvalue weighted by Crippen LogP contribution is 2.21. The van der Waals surface area contributed by atoms with Gasteiger partial charge < -0.3 is 10.4 Å². The van der Waals surface area contributed by atoms with Crippen LogP contribution in [0.25, 0.3) is 0 Å². The normalized spacial score (nSPS) is 15.6. The van der Waals surface area contributed by atoms with Gasteiger partial charge in [-0.05, 0) is 25.0 Å². The van der Waals surface area contributed by atoms with E-state index in [0.717, 1.165) is 11.1 Å². The van der Waals surface area contributed by atoms with Crippen molar-refractivity contribution < 1.29 is 18.3 Å². The lowest BCUT2D eigenvalue weighted by Crippen LogP contribution is -2.39. The minimum Gasteiger partial charge on any atom is -0.382 e. The third-order valence-corrected chi connectivity index (χ3v) is 2.65. The molecule has 0 aliphatic rings. The van der Waals surface area contributed by atoms with Crippen LogP contribution in [0.4, 0.5) is 13.2 Å². The number of aliphatic hydroxyl groups is 1. The first kappa shape index (κ1) is 14.0. The van der Waals surface area contributed by atoms with Crippen LogP contribution in [0.15, 0.2) is 24.3 Å². The molecule has 2 unspecified atom stereocenters. The van der Waals surface area contributed by atoms with Gasteiger partial charge in [0, 0.05) is 12.6 Å². The van der Waals surface area contributed by atoms with Crippen LogP contribution in [0.3, 0.4) is 0 Å². The molecule has 2 nitrogen and oxygen atoms in total. The van der Waals surface area contributed by atoms with E-state index in [9.17, 15) is 13.2 Å². The van der Waals surface area contributed by atoms with Crippen molar-refractivity contribution in [2.75, 3.05) is 6.54 Å². The third kappa shape index (κ3) is 4.02. The Morgan fingerprint density at radius 3 is 2.41 bits per heavy atom. The number of rotatable bonds is 4. The predicted octanol–water partition coefficient (Wildman–Crippen LogP) is 2.57. The maximum atomic E-state index is 12.1. The molecule has 96 valence electrons. The lowest BCUT2D eigenvalue weighted by Gasteiger charge is -2.20. The van der Waals surface area contributed by atoms with Gasteiger partial charge in [-0.3, -0.25) is 0 Å². The van der Waals surface area contributed by atoms with Gasteiger partial charge in [-0.15, -0.1) is 0 Å². The van der Waals surface area contributed by atoms with Crippen LogP contribution in [0, 0.1) is 6.92 Å². The summed E-state index contributed by atoms with van der Waals surface area (Å²) in [7, 11) is 0. The summed E-state index contributed by atoms with van der Waals surface area (Å²) >= 11 is 0. The summed E-state index contributed by atoms with van der Waals surface area (Å²) in [6, 6.07) is 7.23. The van der Waals surface area contributed by atoms with Gasteiger partial charge in [-0.25, -0.2) is 0 Å². The van der Waals surface area contributed by atoms with Crippen molar-refractivity contribution in [2.24, 2.45) is 0 Å². The van der Waals surface area contributed by atoms with Crippen LogP contribution in [0.1, 0.15) is 24.1 Å². The fourth-order valence-electron chi connectivity index (χ4n) is 1.59. The van der Waals surface area contributed by atoms with Crippen molar-refractivity contribution in [1.29, 1.82) is 0 Å². The Kier molecular flexibility index (Phi) is 4.54. The lowest BCUT2D eigenvalue weighted by molar-refractivity contribution is -0.202. The van der Waals surface area contributed by atoms with E-state index >= 15 is 0 Å². The molecule has 0 fully saturated rings. The zero-order valence-corrected chi connectivity index (χ0v) is 9.75. The Labute approximate surface area is 98.5 Å². The maximum Gasteiger partial charge on any atom is 0.415 e. The molecule has 0 radical (unpaired) electrons. The smallest absolute Gasteiger partial charge is 0.382 e. The molecule has 0 spiro atoms. The number of aryl methyl sites for hydroxylation is 1. The molecular formula is C12H16F3NO. The van der Waals surface area contributed by atoms with Crippen molar-refractivity contribution in [3.8, 4) is 0 Å². The molecule has 1 aromatic carbocycles. The number of aliphatic hydroxyl groups excluding tert-OH is 1. The fraction of sp³-hybridized carbons (Fsp3) is 0.500. The summed E-state index contributed by atoms with van der Waals surface area (Å²) in [6.07, 6.45) is -6.90. The molecule has 0 aromatic heterocycles. The first-order chi connectivity index (χ1) is 7.82. The van der Waals surface area contributed by atoms with E-state index in [1.54, 1.807) is 6.92 Å². The fourth-order valence-corrected chi connectivity index (χ4v) is 1.59. The predicted molar refractivity (Wildman–Crippen MR) is 59.7 cm³/mol. The minimum atomic E-state index is -4.57. The van der Waals surface area contributed by atoms with Gasteiger partial charge in [0.25, 0.3) is 0 Å². The van der Waals surface area contributed by atoms with Crippen molar-refractivity contribution in [2.45, 2.75) is 32.2 Å². The molecule has 17 heavy (non-hydrogen) atoms. The molecule has 0 saturated heterocycles. The summed E-state index contributed by atoms with van der Waals surface area (Å²) in [6.45, 7) is 3.16. The second-order valence-electron chi connectivity index (χ2n) is 4.04. The van der Waals surface area contributed by atoms with E-state index in [0.29, 0.717) is 0 Å². The van der Waals surface area contributed by atoms with Crippen LogP contribution < -0.4 is 5.32 Å². The molecule has 0 heterocycles. The molecule has 1 rings (SSSR count). The molecule has 0 saturated carbocycles. The van der Waals surface area contributed by atoms with Crippen molar-refractivity contribution in [3.63, 3.8) is 0 Å². The molecule has 2 N–H and O–H groups in total. The molecule has 1 aromatic rings. The third-order valence-electron chi connectivity index (χ3n) is 2.65. The highest BCUT2D eigenvalue weighted by atomic mass is 19.4. The molecule has 2 atom stereocenters. The second-order valence-corrected chi connectivity index (χ2v) is 4.04. The second kappa shape index (κ2) is 5.51. The van der Waals surface area contributed by atoms with Crippen LogP contribution in [-0.2, 0) is 0 Å². The Bertz CT molecular complexity index is 365. The average molecular weight is 247 g/mol. The molecule has 0 aliphatic heterocycles. The summed E-state index contributed by atoms with van der Waals surface area (Å²) in [4.78, 5) is 0. The summed E-state index contributed by atoms with van der Waals surface area (Å²) in [5.41, 5.74) is 1.94. The van der Waals surface area contributed by atoms with E-state index in [1.165, 1.54) is 0 Å². The van der Waals surface area contributed by atoms with Gasteiger partial charge in [0.05, 0.1) is 0 Å². The number of hydrogen-bond donors (Lipinski definition) is 2. The SMILES string of the molecule is Cc1ccccc1C(C)NCC(O)C(F)(F)F. The summed E-state index contributed by atoms with van der Waals surface area (Å²) in [5, 5.41) is 11.5. The van der Waals surface area contributed by atoms with Crippen LogP contribution in [0.5, 0.6) is 0 Å². The quantitative estimate of drug-likeness (QED) is 0.857. The highest BCUT2D eigenvalue weighted by molar-refractivity contribution is 5.28. The Morgan fingerprint density at radius 2 is 1.88 bits per heavy atom. The van der Waals surface area contributed by atoms with Crippen molar-refractivity contribution in [1.82, 2.24) is 5.32 Å². The number of alkyl halides is 3. The van der Waals surface area contributed by atoms with Gasteiger partial charge in [-0.1, -0.05) is 24.3 Å². The standard InChI is InChI=1S/C12H16F3NO/c1-8-5-3-4-6-10(8)9(2)16-7-11(17)12(13,14)15/h3-6,9,11,16-17H,7H2,1-2H3. The molecule has 0 bridgehead atoms. The van der Waals surface area contributed by atoms with Gasteiger partial charge >= 0.3 is 6.18 Å². The van der Waals surface area contributed by atoms with E-state index in [-0.39, 0.29) is 6.04 Å². The zero-order chi connectivity index (χ0) is 13.1. The molecule has 0 amide bonds.